The second-order valence-electron chi connectivity index (χ2n) is 12.1. The number of aliphatic imine (C=N–C) groups is 2. The van der Waals surface area contributed by atoms with Gasteiger partial charge in [-0.25, -0.2) is 0 Å². The number of furan rings is 1. The van der Waals surface area contributed by atoms with Crippen LogP contribution in [0.3, 0.4) is 0 Å². The van der Waals surface area contributed by atoms with Crippen LogP contribution in [0, 0.1) is 0 Å². The predicted molar refractivity (Wildman–Crippen MR) is 205 cm³/mol. The Kier molecular flexibility index (Phi) is 10.3. The summed E-state index contributed by atoms with van der Waals surface area (Å²) in [5.41, 5.74) is 4.51. The molecule has 11 heteroatoms. The third-order valence-corrected chi connectivity index (χ3v) is 10.0. The van der Waals surface area contributed by atoms with E-state index >= 15 is 0 Å². The van der Waals surface area contributed by atoms with Crippen LogP contribution in [-0.2, 0) is 4.74 Å². The monoisotopic (exact) mass is 808 g/mol. The number of Topliss-reactive ketones (excluding diaryl/α,β-unsaturated/α-hetero) is 2. The van der Waals surface area contributed by atoms with Crippen LogP contribution in [0.15, 0.2) is 120 Å². The van der Waals surface area contributed by atoms with E-state index in [9.17, 15) is 9.59 Å². The third-order valence-electron chi connectivity index (χ3n) is 8.96. The Morgan fingerprint density at radius 1 is 0.647 bits per heavy atom. The molecule has 0 bridgehead atoms. The molecule has 9 nitrogen and oxygen atoms in total. The van der Waals surface area contributed by atoms with Gasteiger partial charge in [-0.1, -0.05) is 105 Å². The number of hydrogen-bond donors (Lipinski definition) is 2. The van der Waals surface area contributed by atoms with Gasteiger partial charge in [0.1, 0.15) is 23.5 Å². The SMILES string of the molecule is COc1c(-c2ccc(C3=NCCN3)cc2)oc(-c2ccc(C3=NCCN3)cc2)c1C(C(=O)c1ccc(Br)cc1)C(OC)C(=O)c1ccc(Br)cc1. The van der Waals surface area contributed by atoms with Crippen molar-refractivity contribution in [3.8, 4) is 28.4 Å². The van der Waals surface area contributed by atoms with Crippen molar-refractivity contribution in [3.05, 3.63) is 134 Å². The van der Waals surface area contributed by atoms with Gasteiger partial charge in [0.15, 0.2) is 23.1 Å². The summed E-state index contributed by atoms with van der Waals surface area (Å²) in [4.78, 5) is 38.3. The van der Waals surface area contributed by atoms with Crippen molar-refractivity contribution in [2.24, 2.45) is 9.98 Å². The highest BCUT2D eigenvalue weighted by molar-refractivity contribution is 9.10. The molecule has 2 unspecified atom stereocenters. The number of halogens is 2. The maximum atomic E-state index is 14.9. The largest absolute Gasteiger partial charge is 0.492 e. The van der Waals surface area contributed by atoms with Crippen molar-refractivity contribution < 1.29 is 23.5 Å². The van der Waals surface area contributed by atoms with Crippen molar-refractivity contribution in [2.45, 2.75) is 12.0 Å². The third kappa shape index (κ3) is 7.06. The standard InChI is InChI=1S/C40H34Br2N4O5/c1-49-37(34(48)24-13-17-30(42)18-14-24)31(33(47)23-11-15-29(41)16-12-23)32-35(25-3-7-27(8-4-25)39-43-19-20-44-39)51-36(38(32)50-2)26-5-9-28(10-6-26)40-45-21-22-46-40/h3-18,31,37H,19-22H2,1-2H3,(H,43,44)(H,45,46). The zero-order valence-corrected chi connectivity index (χ0v) is 31.1. The molecule has 2 N–H and O–H groups in total. The fourth-order valence-corrected chi connectivity index (χ4v) is 6.98. The number of ketones is 2. The van der Waals surface area contributed by atoms with Crippen molar-refractivity contribution >= 4 is 55.1 Å². The number of benzene rings is 4. The summed E-state index contributed by atoms with van der Waals surface area (Å²) in [5.74, 6) is 0.962. The summed E-state index contributed by atoms with van der Waals surface area (Å²) in [7, 11) is 2.98. The summed E-state index contributed by atoms with van der Waals surface area (Å²) < 4.78 is 20.6. The smallest absolute Gasteiger partial charge is 0.192 e. The van der Waals surface area contributed by atoms with Gasteiger partial charge in [-0.15, -0.1) is 0 Å². The number of amidine groups is 2. The molecule has 4 aromatic carbocycles. The Morgan fingerprint density at radius 2 is 1.10 bits per heavy atom. The van der Waals surface area contributed by atoms with Crippen LogP contribution in [-0.4, -0.2) is 69.7 Å². The van der Waals surface area contributed by atoms with Crippen LogP contribution in [0.1, 0.15) is 43.3 Å². The Bertz CT molecular complexity index is 2120. The van der Waals surface area contributed by atoms with Gasteiger partial charge in [-0.2, -0.15) is 0 Å². The van der Waals surface area contributed by atoms with Crippen LogP contribution >= 0.6 is 31.9 Å². The van der Waals surface area contributed by atoms with Crippen molar-refractivity contribution in [3.63, 3.8) is 0 Å². The van der Waals surface area contributed by atoms with Gasteiger partial charge in [0.2, 0.25) is 0 Å². The number of nitrogens with one attached hydrogen (secondary N) is 2. The summed E-state index contributed by atoms with van der Waals surface area (Å²) in [6.07, 6.45) is -1.23. The van der Waals surface area contributed by atoms with Crippen molar-refractivity contribution in [2.75, 3.05) is 40.4 Å². The fourth-order valence-electron chi connectivity index (χ4n) is 6.45. The van der Waals surface area contributed by atoms with E-state index in [1.54, 1.807) is 55.6 Å². The number of carbonyl (C=O) groups excluding carboxylic acids is 2. The Balaban J connectivity index is 1.43. The van der Waals surface area contributed by atoms with E-state index in [0.29, 0.717) is 46.1 Å². The number of methoxy groups -OCH3 is 2. The van der Waals surface area contributed by atoms with E-state index < -0.39 is 12.0 Å². The molecule has 2 atom stereocenters. The van der Waals surface area contributed by atoms with E-state index in [0.717, 1.165) is 56.9 Å². The molecule has 5 aromatic rings. The molecule has 0 radical (unpaired) electrons. The van der Waals surface area contributed by atoms with Gasteiger partial charge in [-0.05, 0) is 24.3 Å². The quantitative estimate of drug-likeness (QED) is 0.124. The van der Waals surface area contributed by atoms with E-state index in [-0.39, 0.29) is 11.6 Å². The molecule has 1 aromatic heterocycles. The number of ether oxygens (including phenoxy) is 2. The first-order chi connectivity index (χ1) is 24.9. The lowest BCUT2D eigenvalue weighted by Crippen LogP contribution is -2.35. The highest BCUT2D eigenvalue weighted by Crippen LogP contribution is 2.49. The Morgan fingerprint density at radius 3 is 1.53 bits per heavy atom. The zero-order valence-electron chi connectivity index (χ0n) is 27.9. The normalized spacial score (nSPS) is 15.0. The van der Waals surface area contributed by atoms with E-state index in [2.05, 4.69) is 52.5 Å². The Hall–Kier alpha value is -4.84. The fraction of sp³-hybridized carbons (Fsp3) is 0.200. The first-order valence-corrected chi connectivity index (χ1v) is 18.1. The van der Waals surface area contributed by atoms with Crippen LogP contribution < -0.4 is 15.4 Å². The second-order valence-corrected chi connectivity index (χ2v) is 13.9. The predicted octanol–water partition coefficient (Wildman–Crippen LogP) is 7.71. The average Bonchev–Trinajstić information content (AvgIpc) is 3.97. The molecule has 7 rings (SSSR count). The number of rotatable bonds is 12. The molecule has 0 spiro atoms. The van der Waals surface area contributed by atoms with E-state index in [1.807, 2.05) is 48.5 Å². The van der Waals surface area contributed by atoms with Crippen molar-refractivity contribution in [1.82, 2.24) is 10.6 Å². The molecular formula is C40H34Br2N4O5. The Labute approximate surface area is 312 Å². The minimum atomic E-state index is -1.23. The zero-order chi connectivity index (χ0) is 35.5. The van der Waals surface area contributed by atoms with E-state index in [4.69, 9.17) is 13.9 Å². The molecule has 3 heterocycles. The van der Waals surface area contributed by atoms with Crippen molar-refractivity contribution in [1.29, 1.82) is 0 Å². The highest BCUT2D eigenvalue weighted by Gasteiger charge is 2.42. The molecule has 0 fully saturated rings. The highest BCUT2D eigenvalue weighted by atomic mass is 79.9. The van der Waals surface area contributed by atoms with Crippen LogP contribution in [0.2, 0.25) is 0 Å². The molecule has 2 aliphatic heterocycles. The number of nitrogens with zero attached hydrogens (tertiary/aromatic N) is 2. The van der Waals surface area contributed by atoms with E-state index in [1.165, 1.54) is 7.11 Å². The van der Waals surface area contributed by atoms with Crippen LogP contribution in [0.4, 0.5) is 0 Å². The molecule has 0 amide bonds. The first-order valence-electron chi connectivity index (χ1n) is 16.5. The summed E-state index contributed by atoms with van der Waals surface area (Å²) >= 11 is 6.93. The topological polar surface area (TPSA) is 115 Å². The summed E-state index contributed by atoms with van der Waals surface area (Å²) in [5, 5.41) is 6.62. The molecule has 0 saturated carbocycles. The van der Waals surface area contributed by atoms with Gasteiger partial charge >= 0.3 is 0 Å². The van der Waals surface area contributed by atoms with Gasteiger partial charge in [0.05, 0.1) is 31.7 Å². The summed E-state index contributed by atoms with van der Waals surface area (Å²) in [6, 6.07) is 29.6. The lowest BCUT2D eigenvalue weighted by atomic mass is 9.81. The molecule has 51 heavy (non-hydrogen) atoms. The lowest BCUT2D eigenvalue weighted by molar-refractivity contribution is 0.0477. The molecule has 0 saturated heterocycles. The maximum Gasteiger partial charge on any atom is 0.192 e. The molecule has 2 aliphatic rings. The van der Waals surface area contributed by atoms with Gasteiger partial charge in [-0.3, -0.25) is 19.6 Å². The maximum absolute atomic E-state index is 14.9. The second kappa shape index (κ2) is 15.2. The van der Waals surface area contributed by atoms with Crippen LogP contribution in [0.25, 0.3) is 22.6 Å². The minimum Gasteiger partial charge on any atom is -0.492 e. The minimum absolute atomic E-state index is 0.325. The molecular weight excluding hydrogens is 776 g/mol. The average molecular weight is 811 g/mol. The van der Waals surface area contributed by atoms with Crippen LogP contribution in [0.5, 0.6) is 5.75 Å². The van der Waals surface area contributed by atoms with Gasteiger partial charge < -0.3 is 24.5 Å². The molecule has 258 valence electrons. The number of hydrogen-bond acceptors (Lipinski definition) is 9. The summed E-state index contributed by atoms with van der Waals surface area (Å²) in [6.45, 7) is 3.02. The van der Waals surface area contributed by atoms with Gasteiger partial charge in [0.25, 0.3) is 0 Å². The first kappa shape index (κ1) is 34.6. The lowest BCUT2D eigenvalue weighted by Gasteiger charge is -2.25. The molecule has 0 aliphatic carbocycles. The number of carbonyl (C=O) groups is 2. The van der Waals surface area contributed by atoms with Gasteiger partial charge in [0, 0.05) is 62.5 Å².